The first-order valence-electron chi connectivity index (χ1n) is 5.87. The van der Waals surface area contributed by atoms with E-state index in [4.69, 9.17) is 4.74 Å². The number of ether oxygens (including phenoxy) is 1. The van der Waals surface area contributed by atoms with Crippen LogP contribution in [-0.4, -0.2) is 43.3 Å². The van der Waals surface area contributed by atoms with Gasteiger partial charge in [0.25, 0.3) is 0 Å². The largest absolute Gasteiger partial charge is 0.406 e. The molecule has 0 atom stereocenters. The Kier molecular flexibility index (Phi) is 5.24. The van der Waals surface area contributed by atoms with E-state index in [0.29, 0.717) is 19.6 Å². The van der Waals surface area contributed by atoms with E-state index in [0.717, 1.165) is 17.7 Å². The van der Waals surface area contributed by atoms with Gasteiger partial charge in [0.1, 0.15) is 6.54 Å². The molecular formula is C11H18F3NO2. The lowest BCUT2D eigenvalue weighted by Gasteiger charge is -2.23. The maximum Gasteiger partial charge on any atom is 0.406 e. The molecule has 1 saturated carbocycles. The predicted octanol–water partition coefficient (Wildman–Crippen LogP) is 2.21. The van der Waals surface area contributed by atoms with Crippen LogP contribution in [0.2, 0.25) is 0 Å². The average Bonchev–Trinajstić information content (AvgIpc) is 3.03. The molecule has 0 N–H and O–H groups in total. The summed E-state index contributed by atoms with van der Waals surface area (Å²) >= 11 is 0. The topological polar surface area (TPSA) is 29.5 Å². The van der Waals surface area contributed by atoms with Crippen molar-refractivity contribution in [1.82, 2.24) is 4.90 Å². The van der Waals surface area contributed by atoms with Crippen LogP contribution in [0.3, 0.4) is 0 Å². The molecule has 0 radical (unpaired) electrons. The zero-order valence-electron chi connectivity index (χ0n) is 9.92. The van der Waals surface area contributed by atoms with Crippen LogP contribution in [0.5, 0.6) is 0 Å². The third-order valence-electron chi connectivity index (χ3n) is 2.53. The molecule has 0 aromatic carbocycles. The summed E-state index contributed by atoms with van der Waals surface area (Å²) < 4.78 is 42.0. The number of alkyl halides is 3. The Bertz CT molecular complexity index is 252. The molecule has 100 valence electrons. The summed E-state index contributed by atoms with van der Waals surface area (Å²) in [7, 11) is 0. The minimum atomic E-state index is -4.32. The summed E-state index contributed by atoms with van der Waals surface area (Å²) in [6, 6.07) is 0. The van der Waals surface area contributed by atoms with Crippen molar-refractivity contribution in [2.24, 2.45) is 5.92 Å². The second-order valence-electron chi connectivity index (χ2n) is 4.20. The van der Waals surface area contributed by atoms with Crippen molar-refractivity contribution < 1.29 is 22.7 Å². The van der Waals surface area contributed by atoms with E-state index in [2.05, 4.69) is 0 Å². The monoisotopic (exact) mass is 253 g/mol. The zero-order chi connectivity index (χ0) is 12.9. The Labute approximate surface area is 98.9 Å². The van der Waals surface area contributed by atoms with Gasteiger partial charge in [-0.1, -0.05) is 0 Å². The standard InChI is InChI=1S/C11H18F3NO2/c1-2-17-7-3-6-15(8-11(12,13)14)10(16)9-4-5-9/h9H,2-8H2,1H3. The molecule has 1 amide bonds. The fourth-order valence-corrected chi connectivity index (χ4v) is 1.57. The van der Waals surface area contributed by atoms with Gasteiger partial charge in [-0.15, -0.1) is 0 Å². The predicted molar refractivity (Wildman–Crippen MR) is 56.5 cm³/mol. The van der Waals surface area contributed by atoms with E-state index in [1.165, 1.54) is 0 Å². The van der Waals surface area contributed by atoms with Crippen LogP contribution in [0.15, 0.2) is 0 Å². The van der Waals surface area contributed by atoms with Gasteiger partial charge >= 0.3 is 6.18 Å². The second-order valence-corrected chi connectivity index (χ2v) is 4.20. The Morgan fingerprint density at radius 3 is 2.53 bits per heavy atom. The molecule has 0 unspecified atom stereocenters. The normalized spacial score (nSPS) is 16.0. The van der Waals surface area contributed by atoms with E-state index in [-0.39, 0.29) is 18.4 Å². The van der Waals surface area contributed by atoms with Crippen molar-refractivity contribution >= 4 is 5.91 Å². The van der Waals surface area contributed by atoms with Gasteiger partial charge in [-0.3, -0.25) is 4.79 Å². The molecule has 0 bridgehead atoms. The third-order valence-corrected chi connectivity index (χ3v) is 2.53. The van der Waals surface area contributed by atoms with Crippen LogP contribution in [-0.2, 0) is 9.53 Å². The van der Waals surface area contributed by atoms with E-state index >= 15 is 0 Å². The first-order chi connectivity index (χ1) is 7.94. The molecule has 0 aliphatic heterocycles. The summed E-state index contributed by atoms with van der Waals surface area (Å²) in [5.74, 6) is -0.539. The van der Waals surface area contributed by atoms with Gasteiger partial charge in [0.2, 0.25) is 5.91 Å². The molecule has 0 saturated heterocycles. The zero-order valence-corrected chi connectivity index (χ0v) is 9.92. The minimum Gasteiger partial charge on any atom is -0.382 e. The fourth-order valence-electron chi connectivity index (χ4n) is 1.57. The molecule has 0 aromatic heterocycles. The van der Waals surface area contributed by atoms with Gasteiger partial charge in [-0.05, 0) is 26.2 Å². The van der Waals surface area contributed by atoms with Gasteiger partial charge in [0.05, 0.1) is 0 Å². The summed E-state index contributed by atoms with van der Waals surface area (Å²) in [5.41, 5.74) is 0. The smallest absolute Gasteiger partial charge is 0.382 e. The highest BCUT2D eigenvalue weighted by Crippen LogP contribution is 2.32. The van der Waals surface area contributed by atoms with E-state index in [9.17, 15) is 18.0 Å². The van der Waals surface area contributed by atoms with Crippen molar-refractivity contribution in [3.8, 4) is 0 Å². The van der Waals surface area contributed by atoms with Crippen molar-refractivity contribution in [3.63, 3.8) is 0 Å². The van der Waals surface area contributed by atoms with Crippen LogP contribution in [0, 0.1) is 5.92 Å². The SMILES string of the molecule is CCOCCCN(CC(F)(F)F)C(=O)C1CC1. The van der Waals surface area contributed by atoms with Crippen LogP contribution >= 0.6 is 0 Å². The molecule has 1 rings (SSSR count). The molecule has 0 aromatic rings. The highest BCUT2D eigenvalue weighted by atomic mass is 19.4. The molecule has 0 spiro atoms. The van der Waals surface area contributed by atoms with Crippen molar-refractivity contribution in [2.75, 3.05) is 26.3 Å². The molecule has 0 heterocycles. The molecule has 1 fully saturated rings. The Hall–Kier alpha value is -0.780. The number of hydrogen-bond acceptors (Lipinski definition) is 2. The highest BCUT2D eigenvalue weighted by molar-refractivity contribution is 5.81. The molecule has 17 heavy (non-hydrogen) atoms. The van der Waals surface area contributed by atoms with Crippen LogP contribution in [0.4, 0.5) is 13.2 Å². The Morgan fingerprint density at radius 1 is 1.41 bits per heavy atom. The first kappa shape index (κ1) is 14.3. The summed E-state index contributed by atoms with van der Waals surface area (Å²) in [6.07, 6.45) is -2.43. The van der Waals surface area contributed by atoms with E-state index < -0.39 is 12.7 Å². The number of rotatable bonds is 7. The lowest BCUT2D eigenvalue weighted by atomic mass is 10.3. The fraction of sp³-hybridized carbons (Fsp3) is 0.909. The second kappa shape index (κ2) is 6.23. The minimum absolute atomic E-state index is 0.120. The highest BCUT2D eigenvalue weighted by Gasteiger charge is 2.38. The summed E-state index contributed by atoms with van der Waals surface area (Å²) in [5, 5.41) is 0. The van der Waals surface area contributed by atoms with E-state index in [1.807, 2.05) is 6.92 Å². The molecule has 3 nitrogen and oxygen atoms in total. The summed E-state index contributed by atoms with van der Waals surface area (Å²) in [6.45, 7) is 1.73. The van der Waals surface area contributed by atoms with Crippen LogP contribution in [0.25, 0.3) is 0 Å². The Balaban J connectivity index is 2.38. The molecule has 1 aliphatic carbocycles. The maximum atomic E-state index is 12.3. The van der Waals surface area contributed by atoms with Gasteiger partial charge < -0.3 is 9.64 Å². The maximum absolute atomic E-state index is 12.3. The lowest BCUT2D eigenvalue weighted by Crippen LogP contribution is -2.40. The van der Waals surface area contributed by atoms with Crippen molar-refractivity contribution in [3.05, 3.63) is 0 Å². The molecule has 6 heteroatoms. The lowest BCUT2D eigenvalue weighted by molar-refractivity contribution is -0.162. The van der Waals surface area contributed by atoms with Crippen molar-refractivity contribution in [1.29, 1.82) is 0 Å². The number of carbonyl (C=O) groups is 1. The molecular weight excluding hydrogens is 235 g/mol. The van der Waals surface area contributed by atoms with Gasteiger partial charge in [-0.25, -0.2) is 0 Å². The van der Waals surface area contributed by atoms with Crippen molar-refractivity contribution in [2.45, 2.75) is 32.4 Å². The number of carbonyl (C=O) groups excluding carboxylic acids is 1. The quantitative estimate of drug-likeness (QED) is 0.651. The van der Waals surface area contributed by atoms with Gasteiger partial charge in [0.15, 0.2) is 0 Å². The number of hydrogen-bond donors (Lipinski definition) is 0. The van der Waals surface area contributed by atoms with Crippen LogP contribution in [0.1, 0.15) is 26.2 Å². The summed E-state index contributed by atoms with van der Waals surface area (Å²) in [4.78, 5) is 12.5. The number of amides is 1. The van der Waals surface area contributed by atoms with Gasteiger partial charge in [-0.2, -0.15) is 13.2 Å². The average molecular weight is 253 g/mol. The first-order valence-corrected chi connectivity index (χ1v) is 5.87. The number of nitrogens with zero attached hydrogens (tertiary/aromatic N) is 1. The number of halogens is 3. The third kappa shape index (κ3) is 5.91. The van der Waals surface area contributed by atoms with Gasteiger partial charge in [0, 0.05) is 25.7 Å². The van der Waals surface area contributed by atoms with Crippen LogP contribution < -0.4 is 0 Å². The Morgan fingerprint density at radius 2 is 2.06 bits per heavy atom. The molecule has 1 aliphatic rings. The van der Waals surface area contributed by atoms with E-state index in [1.54, 1.807) is 0 Å².